The standard InChI is InChI=1S/C13H13ClN2O/c14-10-2-1-3-12(7-10)16-8-9-6-11(15)4-5-13(9)17/h1-7,16-17H,8,15H2. The van der Waals surface area contributed by atoms with Crippen molar-refractivity contribution in [1.82, 2.24) is 0 Å². The van der Waals surface area contributed by atoms with Gasteiger partial charge in [-0.25, -0.2) is 0 Å². The second-order valence-electron chi connectivity index (χ2n) is 3.75. The molecule has 0 atom stereocenters. The molecule has 4 heteroatoms. The molecule has 2 aromatic rings. The van der Waals surface area contributed by atoms with Crippen LogP contribution in [-0.4, -0.2) is 5.11 Å². The smallest absolute Gasteiger partial charge is 0.120 e. The van der Waals surface area contributed by atoms with Crippen LogP contribution in [0.4, 0.5) is 11.4 Å². The van der Waals surface area contributed by atoms with Crippen LogP contribution in [0.25, 0.3) is 0 Å². The van der Waals surface area contributed by atoms with E-state index in [4.69, 9.17) is 17.3 Å². The zero-order chi connectivity index (χ0) is 12.3. The van der Waals surface area contributed by atoms with E-state index in [1.54, 1.807) is 18.2 Å². The molecule has 0 unspecified atom stereocenters. The zero-order valence-electron chi connectivity index (χ0n) is 9.15. The summed E-state index contributed by atoms with van der Waals surface area (Å²) in [4.78, 5) is 0. The number of hydrogen-bond donors (Lipinski definition) is 3. The first kappa shape index (κ1) is 11.6. The van der Waals surface area contributed by atoms with Gasteiger partial charge in [-0.3, -0.25) is 0 Å². The lowest BCUT2D eigenvalue weighted by atomic mass is 10.1. The van der Waals surface area contributed by atoms with Crippen molar-refractivity contribution in [3.8, 4) is 5.75 Å². The minimum atomic E-state index is 0.230. The maximum Gasteiger partial charge on any atom is 0.120 e. The highest BCUT2D eigenvalue weighted by atomic mass is 35.5. The molecule has 0 aromatic heterocycles. The largest absolute Gasteiger partial charge is 0.508 e. The average Bonchev–Trinajstić information content (AvgIpc) is 2.30. The van der Waals surface area contributed by atoms with Crippen LogP contribution in [0.15, 0.2) is 42.5 Å². The summed E-state index contributed by atoms with van der Waals surface area (Å²) in [5, 5.41) is 13.5. The van der Waals surface area contributed by atoms with Crippen LogP contribution in [0.5, 0.6) is 5.75 Å². The van der Waals surface area contributed by atoms with Gasteiger partial charge in [-0.15, -0.1) is 0 Å². The summed E-state index contributed by atoms with van der Waals surface area (Å²) < 4.78 is 0. The van der Waals surface area contributed by atoms with Crippen LogP contribution in [0.1, 0.15) is 5.56 Å². The molecule has 88 valence electrons. The summed E-state index contributed by atoms with van der Waals surface area (Å²) in [7, 11) is 0. The number of hydrogen-bond acceptors (Lipinski definition) is 3. The molecule has 3 nitrogen and oxygen atoms in total. The van der Waals surface area contributed by atoms with Crippen molar-refractivity contribution in [2.75, 3.05) is 11.1 Å². The molecule has 0 heterocycles. The molecule has 0 saturated carbocycles. The Bertz CT molecular complexity index is 529. The Labute approximate surface area is 105 Å². The fourth-order valence-electron chi connectivity index (χ4n) is 1.54. The van der Waals surface area contributed by atoms with E-state index in [1.165, 1.54) is 0 Å². The number of rotatable bonds is 3. The quantitative estimate of drug-likeness (QED) is 0.577. The van der Waals surface area contributed by atoms with Gasteiger partial charge in [0.05, 0.1) is 0 Å². The third kappa shape index (κ3) is 3.04. The molecule has 0 aliphatic rings. The topological polar surface area (TPSA) is 58.3 Å². The molecular weight excluding hydrogens is 236 g/mol. The van der Waals surface area contributed by atoms with E-state index in [0.29, 0.717) is 17.3 Å². The van der Waals surface area contributed by atoms with E-state index in [9.17, 15) is 5.11 Å². The molecule has 0 fully saturated rings. The third-order valence-corrected chi connectivity index (χ3v) is 2.65. The van der Waals surface area contributed by atoms with Crippen LogP contribution in [0.3, 0.4) is 0 Å². The van der Waals surface area contributed by atoms with Gasteiger partial charge in [0.25, 0.3) is 0 Å². The monoisotopic (exact) mass is 248 g/mol. The lowest BCUT2D eigenvalue weighted by Gasteiger charge is -2.09. The van der Waals surface area contributed by atoms with E-state index < -0.39 is 0 Å². The van der Waals surface area contributed by atoms with E-state index >= 15 is 0 Å². The minimum Gasteiger partial charge on any atom is -0.508 e. The van der Waals surface area contributed by atoms with Gasteiger partial charge < -0.3 is 16.2 Å². The Morgan fingerprint density at radius 1 is 1.18 bits per heavy atom. The molecule has 0 radical (unpaired) electrons. The first-order valence-electron chi connectivity index (χ1n) is 5.22. The van der Waals surface area contributed by atoms with E-state index in [2.05, 4.69) is 5.32 Å². The van der Waals surface area contributed by atoms with E-state index in [0.717, 1.165) is 11.3 Å². The Morgan fingerprint density at radius 2 is 2.00 bits per heavy atom. The van der Waals surface area contributed by atoms with Crippen molar-refractivity contribution in [3.63, 3.8) is 0 Å². The number of aromatic hydroxyl groups is 1. The molecule has 17 heavy (non-hydrogen) atoms. The molecule has 0 amide bonds. The molecule has 0 aliphatic heterocycles. The number of benzene rings is 2. The van der Waals surface area contributed by atoms with Gasteiger partial charge >= 0.3 is 0 Å². The first-order valence-corrected chi connectivity index (χ1v) is 5.60. The van der Waals surface area contributed by atoms with Crippen molar-refractivity contribution in [2.24, 2.45) is 0 Å². The van der Waals surface area contributed by atoms with Gasteiger partial charge in [0.15, 0.2) is 0 Å². The lowest BCUT2D eigenvalue weighted by Crippen LogP contribution is -2.00. The predicted octanol–water partition coefficient (Wildman–Crippen LogP) is 3.24. The lowest BCUT2D eigenvalue weighted by molar-refractivity contribution is 0.469. The molecule has 4 N–H and O–H groups in total. The number of nitrogen functional groups attached to an aromatic ring is 1. The van der Waals surface area contributed by atoms with Crippen molar-refractivity contribution < 1.29 is 5.11 Å². The van der Waals surface area contributed by atoms with Crippen LogP contribution < -0.4 is 11.1 Å². The van der Waals surface area contributed by atoms with Gasteiger partial charge in [-0.05, 0) is 36.4 Å². The molecule has 2 aromatic carbocycles. The highest BCUT2D eigenvalue weighted by molar-refractivity contribution is 6.30. The summed E-state index contributed by atoms with van der Waals surface area (Å²) in [6, 6.07) is 12.4. The SMILES string of the molecule is Nc1ccc(O)c(CNc2cccc(Cl)c2)c1. The predicted molar refractivity (Wildman–Crippen MR) is 71.3 cm³/mol. The molecule has 0 aliphatic carbocycles. The van der Waals surface area contributed by atoms with Gasteiger partial charge in [0.1, 0.15) is 5.75 Å². The summed E-state index contributed by atoms with van der Waals surface area (Å²) in [5.41, 5.74) is 7.95. The van der Waals surface area contributed by atoms with Crippen molar-refractivity contribution in [1.29, 1.82) is 0 Å². The highest BCUT2D eigenvalue weighted by Crippen LogP contribution is 2.22. The molecular formula is C13H13ClN2O. The fourth-order valence-corrected chi connectivity index (χ4v) is 1.73. The van der Waals surface area contributed by atoms with Gasteiger partial charge in [-0.2, -0.15) is 0 Å². The Morgan fingerprint density at radius 3 is 2.76 bits per heavy atom. The highest BCUT2D eigenvalue weighted by Gasteiger charge is 2.01. The number of phenols is 1. The number of nitrogens with one attached hydrogen (secondary N) is 1. The number of nitrogens with two attached hydrogens (primary N) is 1. The van der Waals surface area contributed by atoms with Crippen molar-refractivity contribution in [3.05, 3.63) is 53.1 Å². The van der Waals surface area contributed by atoms with Crippen molar-refractivity contribution >= 4 is 23.0 Å². The van der Waals surface area contributed by atoms with E-state index in [-0.39, 0.29) is 5.75 Å². The number of phenolic OH excluding ortho intramolecular Hbond substituents is 1. The number of anilines is 2. The normalized spacial score (nSPS) is 10.2. The summed E-state index contributed by atoms with van der Waals surface area (Å²) >= 11 is 5.87. The summed E-state index contributed by atoms with van der Waals surface area (Å²) in [6.45, 7) is 0.497. The fraction of sp³-hybridized carbons (Fsp3) is 0.0769. The van der Waals surface area contributed by atoms with Crippen LogP contribution in [0, 0.1) is 0 Å². The van der Waals surface area contributed by atoms with Gasteiger partial charge in [0, 0.05) is 28.5 Å². The Balaban J connectivity index is 2.09. The maximum absolute atomic E-state index is 9.65. The van der Waals surface area contributed by atoms with Crippen LogP contribution in [-0.2, 0) is 6.54 Å². The second-order valence-corrected chi connectivity index (χ2v) is 4.19. The third-order valence-electron chi connectivity index (χ3n) is 2.41. The molecule has 0 saturated heterocycles. The van der Waals surface area contributed by atoms with E-state index in [1.807, 2.05) is 24.3 Å². The summed E-state index contributed by atoms with van der Waals surface area (Å²) in [5.74, 6) is 0.230. The first-order chi connectivity index (χ1) is 8.15. The maximum atomic E-state index is 9.65. The Kier molecular flexibility index (Phi) is 3.40. The second kappa shape index (κ2) is 4.97. The molecule has 0 bridgehead atoms. The zero-order valence-corrected chi connectivity index (χ0v) is 9.91. The molecule has 0 spiro atoms. The molecule has 2 rings (SSSR count). The van der Waals surface area contributed by atoms with Crippen LogP contribution >= 0.6 is 11.6 Å². The van der Waals surface area contributed by atoms with Crippen molar-refractivity contribution in [2.45, 2.75) is 6.54 Å². The Hall–Kier alpha value is -1.87. The van der Waals surface area contributed by atoms with Gasteiger partial charge in [0.2, 0.25) is 0 Å². The average molecular weight is 249 g/mol. The van der Waals surface area contributed by atoms with Crippen LogP contribution in [0.2, 0.25) is 5.02 Å². The number of halogens is 1. The van der Waals surface area contributed by atoms with Gasteiger partial charge in [-0.1, -0.05) is 17.7 Å². The summed E-state index contributed by atoms with van der Waals surface area (Å²) in [6.07, 6.45) is 0. The minimum absolute atomic E-state index is 0.230.